The highest BCUT2D eigenvalue weighted by Gasteiger charge is 2.43. The smallest absolute Gasteiger partial charge is 0.225 e. The molecule has 4 aliphatic heterocycles. The lowest BCUT2D eigenvalue weighted by atomic mass is 9.81. The number of ether oxygens (including phenoxy) is 2. The first kappa shape index (κ1) is 21.2. The van der Waals surface area contributed by atoms with E-state index in [1.807, 2.05) is 12.3 Å². The second-order valence-electron chi connectivity index (χ2n) is 9.60. The molecule has 1 atom stereocenters. The number of likely N-dealkylation sites (tertiary alicyclic amines) is 1. The van der Waals surface area contributed by atoms with Crippen LogP contribution in [-0.4, -0.2) is 91.4 Å². The number of nitrogens with zero attached hydrogens (tertiary/aromatic N) is 4. The minimum Gasteiger partial charge on any atom is -0.381 e. The number of carbonyl (C=O) groups excluding carboxylic acids is 1. The summed E-state index contributed by atoms with van der Waals surface area (Å²) < 4.78 is 11.8. The van der Waals surface area contributed by atoms with Crippen LogP contribution in [0.3, 0.4) is 0 Å². The number of carbonyl (C=O) groups is 1. The number of piperidine rings is 1. The number of piperazine rings is 1. The molecule has 0 saturated carbocycles. The maximum Gasteiger partial charge on any atom is 0.225 e. The van der Waals surface area contributed by atoms with Gasteiger partial charge in [0, 0.05) is 77.2 Å². The van der Waals surface area contributed by atoms with Crippen molar-refractivity contribution in [3.05, 3.63) is 24.4 Å². The van der Waals surface area contributed by atoms with Crippen molar-refractivity contribution in [3.8, 4) is 0 Å². The fourth-order valence-corrected chi connectivity index (χ4v) is 5.86. The molecular weight excluding hydrogens is 392 g/mol. The number of hydrogen-bond donors (Lipinski definition) is 0. The molecule has 0 bridgehead atoms. The summed E-state index contributed by atoms with van der Waals surface area (Å²) in [5.41, 5.74) is -0.0342. The zero-order valence-electron chi connectivity index (χ0n) is 18.6. The van der Waals surface area contributed by atoms with Gasteiger partial charge in [0.1, 0.15) is 5.82 Å². The number of rotatable bonds is 3. The molecule has 7 nitrogen and oxygen atoms in total. The molecule has 7 heteroatoms. The van der Waals surface area contributed by atoms with Crippen LogP contribution >= 0.6 is 0 Å². The molecule has 5 heterocycles. The molecule has 4 saturated heterocycles. The predicted octanol–water partition coefficient (Wildman–Crippen LogP) is 2.17. The first-order valence-corrected chi connectivity index (χ1v) is 12.1. The van der Waals surface area contributed by atoms with Gasteiger partial charge in [-0.05, 0) is 50.7 Å². The van der Waals surface area contributed by atoms with E-state index in [0.29, 0.717) is 11.9 Å². The number of pyridine rings is 1. The van der Waals surface area contributed by atoms with Crippen LogP contribution in [-0.2, 0) is 14.3 Å². The largest absolute Gasteiger partial charge is 0.381 e. The SMILES string of the molecule is O=C(C1CCOCC1)N1CCC2(CC1)C[C@@H](N1CCN(c3ccccn3)CC1)CCO2. The van der Waals surface area contributed by atoms with E-state index in [4.69, 9.17) is 9.47 Å². The Kier molecular flexibility index (Phi) is 6.44. The molecule has 5 rings (SSSR count). The van der Waals surface area contributed by atoms with Crippen LogP contribution < -0.4 is 4.90 Å². The summed E-state index contributed by atoms with van der Waals surface area (Å²) in [6.45, 7) is 8.24. The van der Waals surface area contributed by atoms with Crippen LogP contribution in [0.1, 0.15) is 38.5 Å². The van der Waals surface area contributed by atoms with Gasteiger partial charge in [0.25, 0.3) is 0 Å². The minimum atomic E-state index is -0.0342. The van der Waals surface area contributed by atoms with Gasteiger partial charge >= 0.3 is 0 Å². The Hall–Kier alpha value is -1.70. The highest BCUT2D eigenvalue weighted by atomic mass is 16.5. The Balaban J connectivity index is 1.13. The third kappa shape index (κ3) is 4.73. The summed E-state index contributed by atoms with van der Waals surface area (Å²) in [5, 5.41) is 0. The van der Waals surface area contributed by atoms with E-state index in [1.54, 1.807) is 0 Å². The van der Waals surface area contributed by atoms with E-state index < -0.39 is 0 Å². The van der Waals surface area contributed by atoms with Crippen molar-refractivity contribution in [1.29, 1.82) is 0 Å². The van der Waals surface area contributed by atoms with Gasteiger partial charge in [-0.2, -0.15) is 0 Å². The van der Waals surface area contributed by atoms with Crippen molar-refractivity contribution in [2.75, 3.05) is 64.0 Å². The maximum absolute atomic E-state index is 12.9. The topological polar surface area (TPSA) is 58.1 Å². The molecule has 0 unspecified atom stereocenters. The van der Waals surface area contributed by atoms with E-state index >= 15 is 0 Å². The molecule has 1 aromatic heterocycles. The van der Waals surface area contributed by atoms with E-state index in [0.717, 1.165) is 103 Å². The van der Waals surface area contributed by atoms with Gasteiger partial charge < -0.3 is 19.3 Å². The quantitative estimate of drug-likeness (QED) is 0.736. The maximum atomic E-state index is 12.9. The van der Waals surface area contributed by atoms with Crippen LogP contribution in [0.4, 0.5) is 5.82 Å². The van der Waals surface area contributed by atoms with Crippen LogP contribution in [0, 0.1) is 5.92 Å². The molecule has 0 radical (unpaired) electrons. The lowest BCUT2D eigenvalue weighted by Crippen LogP contribution is -2.58. The van der Waals surface area contributed by atoms with Crippen LogP contribution in [0.25, 0.3) is 0 Å². The average Bonchev–Trinajstić information content (AvgIpc) is 2.85. The van der Waals surface area contributed by atoms with E-state index in [1.165, 1.54) is 0 Å². The molecular formula is C24H36N4O3. The van der Waals surface area contributed by atoms with Gasteiger partial charge in [-0.3, -0.25) is 9.69 Å². The highest BCUT2D eigenvalue weighted by Crippen LogP contribution is 2.37. The van der Waals surface area contributed by atoms with Crippen molar-refractivity contribution in [1.82, 2.24) is 14.8 Å². The van der Waals surface area contributed by atoms with Crippen molar-refractivity contribution in [2.45, 2.75) is 50.2 Å². The van der Waals surface area contributed by atoms with Crippen LogP contribution in [0.2, 0.25) is 0 Å². The molecule has 0 aromatic carbocycles. The lowest BCUT2D eigenvalue weighted by molar-refractivity contribution is -0.154. The van der Waals surface area contributed by atoms with Gasteiger partial charge in [-0.15, -0.1) is 0 Å². The van der Waals surface area contributed by atoms with Crippen LogP contribution in [0.15, 0.2) is 24.4 Å². The average molecular weight is 429 g/mol. The monoisotopic (exact) mass is 428 g/mol. The normalized spacial score (nSPS) is 28.1. The first-order chi connectivity index (χ1) is 15.2. The molecule has 1 spiro atoms. The zero-order chi connectivity index (χ0) is 21.1. The van der Waals surface area contributed by atoms with E-state index in [2.05, 4.69) is 31.8 Å². The Morgan fingerprint density at radius 2 is 1.74 bits per heavy atom. The third-order valence-corrected chi connectivity index (χ3v) is 7.83. The number of anilines is 1. The van der Waals surface area contributed by atoms with E-state index in [9.17, 15) is 4.79 Å². The zero-order valence-corrected chi connectivity index (χ0v) is 18.6. The second-order valence-corrected chi connectivity index (χ2v) is 9.60. The van der Waals surface area contributed by atoms with Crippen LogP contribution in [0.5, 0.6) is 0 Å². The third-order valence-electron chi connectivity index (χ3n) is 7.83. The summed E-state index contributed by atoms with van der Waals surface area (Å²) in [6, 6.07) is 6.74. The highest BCUT2D eigenvalue weighted by molar-refractivity contribution is 5.79. The van der Waals surface area contributed by atoms with Crippen molar-refractivity contribution >= 4 is 11.7 Å². The number of hydrogen-bond acceptors (Lipinski definition) is 6. The molecule has 4 aliphatic rings. The van der Waals surface area contributed by atoms with Crippen molar-refractivity contribution in [2.24, 2.45) is 5.92 Å². The summed E-state index contributed by atoms with van der Waals surface area (Å²) in [5.74, 6) is 1.60. The van der Waals surface area contributed by atoms with E-state index in [-0.39, 0.29) is 11.5 Å². The Bertz CT molecular complexity index is 724. The lowest BCUT2D eigenvalue weighted by Gasteiger charge is -2.50. The predicted molar refractivity (Wildman–Crippen MR) is 119 cm³/mol. The fourth-order valence-electron chi connectivity index (χ4n) is 5.86. The van der Waals surface area contributed by atoms with Crippen molar-refractivity contribution < 1.29 is 14.3 Å². The first-order valence-electron chi connectivity index (χ1n) is 12.1. The van der Waals surface area contributed by atoms with Gasteiger partial charge in [-0.1, -0.05) is 6.07 Å². The summed E-state index contributed by atoms with van der Waals surface area (Å²) >= 11 is 0. The molecule has 4 fully saturated rings. The van der Waals surface area contributed by atoms with Gasteiger partial charge in [0.15, 0.2) is 0 Å². The molecule has 1 amide bonds. The summed E-state index contributed by atoms with van der Waals surface area (Å²) in [7, 11) is 0. The Morgan fingerprint density at radius 3 is 2.45 bits per heavy atom. The molecule has 0 N–H and O–H groups in total. The standard InChI is InChI=1S/C24H36N4O3/c29-23(20-4-16-30-17-5-20)28-10-7-24(8-11-28)19-21(6-18-31-24)26-12-14-27(15-13-26)22-3-1-2-9-25-22/h1-3,9,20-21H,4-8,10-19H2/t21-/m0/s1. The minimum absolute atomic E-state index is 0.0342. The Morgan fingerprint density at radius 1 is 0.968 bits per heavy atom. The summed E-state index contributed by atoms with van der Waals surface area (Å²) in [6.07, 6.45) is 7.82. The summed E-state index contributed by atoms with van der Waals surface area (Å²) in [4.78, 5) is 24.6. The van der Waals surface area contributed by atoms with Gasteiger partial charge in [0.2, 0.25) is 5.91 Å². The Labute approximate surface area is 185 Å². The molecule has 31 heavy (non-hydrogen) atoms. The van der Waals surface area contributed by atoms with Gasteiger partial charge in [-0.25, -0.2) is 4.98 Å². The van der Waals surface area contributed by atoms with Gasteiger partial charge in [0.05, 0.1) is 5.60 Å². The fraction of sp³-hybridized carbons (Fsp3) is 0.750. The number of aromatic nitrogens is 1. The molecule has 170 valence electrons. The molecule has 0 aliphatic carbocycles. The van der Waals surface area contributed by atoms with Crippen molar-refractivity contribution in [3.63, 3.8) is 0 Å². The second kappa shape index (κ2) is 9.43. The molecule has 1 aromatic rings. The number of amides is 1.